The number of aromatic nitrogens is 1. The Morgan fingerprint density at radius 3 is 2.61 bits per heavy atom. The maximum Gasteiger partial charge on any atom is 0.258 e. The molecule has 1 heterocycles. The van der Waals surface area contributed by atoms with Crippen LogP contribution >= 0.6 is 23.8 Å². The molecule has 4 nitrogen and oxygen atoms in total. The summed E-state index contributed by atoms with van der Waals surface area (Å²) in [6.45, 7) is 0. The SMILES string of the molecule is O=C(NC(=S)Nc1cccnc1)c1cccc2c(Cl)cccc12. The maximum atomic E-state index is 12.5. The molecule has 114 valence electrons. The number of carbonyl (C=O) groups excluding carboxylic acids is 1. The number of nitrogens with one attached hydrogen (secondary N) is 2. The van der Waals surface area contributed by atoms with Crippen molar-refractivity contribution < 1.29 is 4.79 Å². The lowest BCUT2D eigenvalue weighted by Gasteiger charge is -2.11. The Bertz CT molecular complexity index is 883. The first-order valence-electron chi connectivity index (χ1n) is 6.85. The van der Waals surface area contributed by atoms with Gasteiger partial charge in [0.25, 0.3) is 5.91 Å². The molecular formula is C17H12ClN3OS. The molecule has 0 aliphatic carbocycles. The monoisotopic (exact) mass is 341 g/mol. The van der Waals surface area contributed by atoms with E-state index < -0.39 is 0 Å². The fourth-order valence-electron chi connectivity index (χ4n) is 2.24. The summed E-state index contributed by atoms with van der Waals surface area (Å²) >= 11 is 11.3. The molecule has 0 bridgehead atoms. The second-order valence-electron chi connectivity index (χ2n) is 4.79. The van der Waals surface area contributed by atoms with E-state index in [9.17, 15) is 4.79 Å². The van der Waals surface area contributed by atoms with Crippen molar-refractivity contribution in [1.82, 2.24) is 10.3 Å². The molecule has 0 saturated carbocycles. The Labute approximate surface area is 143 Å². The molecule has 0 fully saturated rings. The third-order valence-electron chi connectivity index (χ3n) is 3.26. The largest absolute Gasteiger partial charge is 0.331 e. The molecule has 0 aliphatic heterocycles. The van der Waals surface area contributed by atoms with Crippen molar-refractivity contribution in [3.8, 4) is 0 Å². The van der Waals surface area contributed by atoms with E-state index in [1.807, 2.05) is 24.3 Å². The summed E-state index contributed by atoms with van der Waals surface area (Å²) in [4.78, 5) is 16.4. The summed E-state index contributed by atoms with van der Waals surface area (Å²) in [6.07, 6.45) is 3.28. The zero-order valence-electron chi connectivity index (χ0n) is 11.9. The Morgan fingerprint density at radius 2 is 1.83 bits per heavy atom. The summed E-state index contributed by atoms with van der Waals surface area (Å²) in [7, 11) is 0. The fourth-order valence-corrected chi connectivity index (χ4v) is 2.69. The number of hydrogen-bond donors (Lipinski definition) is 2. The minimum absolute atomic E-state index is 0.210. The third kappa shape index (κ3) is 3.47. The number of carbonyl (C=O) groups is 1. The van der Waals surface area contributed by atoms with E-state index in [1.165, 1.54) is 0 Å². The van der Waals surface area contributed by atoms with Gasteiger partial charge in [0.1, 0.15) is 0 Å². The van der Waals surface area contributed by atoms with Crippen LogP contribution in [0.15, 0.2) is 60.9 Å². The van der Waals surface area contributed by atoms with Gasteiger partial charge in [0.05, 0.1) is 11.9 Å². The lowest BCUT2D eigenvalue weighted by atomic mass is 10.0. The molecule has 3 aromatic rings. The van der Waals surface area contributed by atoms with E-state index in [0.29, 0.717) is 16.3 Å². The fraction of sp³-hybridized carbons (Fsp3) is 0. The van der Waals surface area contributed by atoms with Crippen LogP contribution in [-0.2, 0) is 0 Å². The molecule has 1 aromatic heterocycles. The summed E-state index contributed by atoms with van der Waals surface area (Å²) in [5.74, 6) is -0.292. The maximum absolute atomic E-state index is 12.5. The van der Waals surface area contributed by atoms with Gasteiger partial charge in [-0.3, -0.25) is 15.1 Å². The Kier molecular flexibility index (Phi) is 4.50. The molecule has 0 atom stereocenters. The minimum atomic E-state index is -0.292. The van der Waals surface area contributed by atoms with E-state index in [4.69, 9.17) is 23.8 Å². The van der Waals surface area contributed by atoms with Crippen LogP contribution in [-0.4, -0.2) is 16.0 Å². The molecule has 0 spiro atoms. The van der Waals surface area contributed by atoms with Crippen LogP contribution in [0.3, 0.4) is 0 Å². The number of nitrogens with zero attached hydrogens (tertiary/aromatic N) is 1. The highest BCUT2D eigenvalue weighted by atomic mass is 35.5. The highest BCUT2D eigenvalue weighted by Crippen LogP contribution is 2.25. The predicted molar refractivity (Wildman–Crippen MR) is 96.9 cm³/mol. The van der Waals surface area contributed by atoms with Gasteiger partial charge in [-0.1, -0.05) is 35.9 Å². The first-order valence-corrected chi connectivity index (χ1v) is 7.63. The standard InChI is InChI=1S/C17H12ClN3OS/c18-15-8-2-5-12-13(15)6-1-7-14(12)16(22)21-17(23)20-11-4-3-9-19-10-11/h1-10H,(H2,20,21,22,23). The topological polar surface area (TPSA) is 54.0 Å². The Morgan fingerprint density at radius 1 is 1.04 bits per heavy atom. The van der Waals surface area contributed by atoms with Gasteiger partial charge in [-0.2, -0.15) is 0 Å². The first-order chi connectivity index (χ1) is 11.1. The first kappa shape index (κ1) is 15.4. The van der Waals surface area contributed by atoms with Crippen LogP contribution < -0.4 is 10.6 Å². The van der Waals surface area contributed by atoms with E-state index in [0.717, 1.165) is 10.8 Å². The van der Waals surface area contributed by atoms with Gasteiger partial charge in [0.15, 0.2) is 5.11 Å². The molecule has 2 aromatic carbocycles. The van der Waals surface area contributed by atoms with Gasteiger partial charge in [-0.15, -0.1) is 0 Å². The number of fused-ring (bicyclic) bond motifs is 1. The number of halogens is 1. The van der Waals surface area contributed by atoms with Crippen LogP contribution in [0.4, 0.5) is 5.69 Å². The number of hydrogen-bond acceptors (Lipinski definition) is 3. The van der Waals surface area contributed by atoms with Crippen molar-refractivity contribution in [1.29, 1.82) is 0 Å². The van der Waals surface area contributed by atoms with E-state index in [1.54, 1.807) is 36.7 Å². The normalized spacial score (nSPS) is 10.3. The van der Waals surface area contributed by atoms with Gasteiger partial charge in [0.2, 0.25) is 0 Å². The van der Waals surface area contributed by atoms with Crippen LogP contribution in [0.25, 0.3) is 10.8 Å². The summed E-state index contributed by atoms with van der Waals surface area (Å²) in [6, 6.07) is 14.5. The van der Waals surface area contributed by atoms with Crippen molar-refractivity contribution in [2.45, 2.75) is 0 Å². The van der Waals surface area contributed by atoms with E-state index in [2.05, 4.69) is 15.6 Å². The zero-order valence-corrected chi connectivity index (χ0v) is 13.5. The molecule has 0 unspecified atom stereocenters. The number of rotatable bonds is 2. The van der Waals surface area contributed by atoms with Crippen molar-refractivity contribution in [3.05, 3.63) is 71.5 Å². The number of amides is 1. The molecule has 0 saturated heterocycles. The highest BCUT2D eigenvalue weighted by molar-refractivity contribution is 7.80. The number of thiocarbonyl (C=S) groups is 1. The van der Waals surface area contributed by atoms with Gasteiger partial charge < -0.3 is 5.32 Å². The van der Waals surface area contributed by atoms with Gasteiger partial charge >= 0.3 is 0 Å². The summed E-state index contributed by atoms with van der Waals surface area (Å²) in [5.41, 5.74) is 1.22. The van der Waals surface area contributed by atoms with E-state index >= 15 is 0 Å². The molecule has 23 heavy (non-hydrogen) atoms. The third-order valence-corrected chi connectivity index (χ3v) is 3.79. The molecule has 0 aliphatic rings. The minimum Gasteiger partial charge on any atom is -0.331 e. The second kappa shape index (κ2) is 6.73. The van der Waals surface area contributed by atoms with Crippen molar-refractivity contribution in [2.75, 3.05) is 5.32 Å². The quantitative estimate of drug-likeness (QED) is 0.691. The average Bonchev–Trinajstić information content (AvgIpc) is 2.55. The lowest BCUT2D eigenvalue weighted by Crippen LogP contribution is -2.34. The number of pyridine rings is 1. The predicted octanol–water partition coefficient (Wildman–Crippen LogP) is 4.02. The highest BCUT2D eigenvalue weighted by Gasteiger charge is 2.12. The Hall–Kier alpha value is -2.50. The van der Waals surface area contributed by atoms with Crippen LogP contribution in [0.2, 0.25) is 5.02 Å². The van der Waals surface area contributed by atoms with Crippen LogP contribution in [0.5, 0.6) is 0 Å². The van der Waals surface area contributed by atoms with Gasteiger partial charge in [-0.25, -0.2) is 0 Å². The zero-order chi connectivity index (χ0) is 16.2. The van der Waals surface area contributed by atoms with Crippen LogP contribution in [0.1, 0.15) is 10.4 Å². The average molecular weight is 342 g/mol. The van der Waals surface area contributed by atoms with Crippen molar-refractivity contribution in [2.24, 2.45) is 0 Å². The van der Waals surface area contributed by atoms with Crippen LogP contribution in [0, 0.1) is 0 Å². The molecular weight excluding hydrogens is 330 g/mol. The van der Waals surface area contributed by atoms with Gasteiger partial charge in [-0.05, 0) is 41.9 Å². The second-order valence-corrected chi connectivity index (χ2v) is 5.61. The molecule has 1 amide bonds. The molecule has 2 N–H and O–H groups in total. The van der Waals surface area contributed by atoms with Crippen molar-refractivity contribution in [3.63, 3.8) is 0 Å². The smallest absolute Gasteiger partial charge is 0.258 e. The molecule has 6 heteroatoms. The lowest BCUT2D eigenvalue weighted by molar-refractivity contribution is 0.0979. The number of benzene rings is 2. The number of anilines is 1. The van der Waals surface area contributed by atoms with Gasteiger partial charge in [0, 0.05) is 22.2 Å². The summed E-state index contributed by atoms with van der Waals surface area (Å²) in [5, 5.41) is 8.00. The summed E-state index contributed by atoms with van der Waals surface area (Å²) < 4.78 is 0. The molecule has 3 rings (SSSR count). The Balaban J connectivity index is 1.81. The van der Waals surface area contributed by atoms with E-state index in [-0.39, 0.29) is 11.0 Å². The van der Waals surface area contributed by atoms with Crippen molar-refractivity contribution >= 4 is 51.3 Å². The molecule has 0 radical (unpaired) electrons.